The zero-order valence-electron chi connectivity index (χ0n) is 21.4. The van der Waals surface area contributed by atoms with Crippen molar-refractivity contribution < 1.29 is 23.8 Å². The largest absolute Gasteiger partial charge is 0.497 e. The van der Waals surface area contributed by atoms with Crippen LogP contribution < -0.4 is 14.8 Å². The number of halogens is 1. The van der Waals surface area contributed by atoms with Gasteiger partial charge in [0.05, 0.1) is 25.3 Å². The molecule has 0 saturated carbocycles. The molecule has 10 heteroatoms. The van der Waals surface area contributed by atoms with Crippen LogP contribution in [0.4, 0.5) is 0 Å². The van der Waals surface area contributed by atoms with E-state index in [4.69, 9.17) is 25.8 Å². The average molecular weight is 539 g/mol. The Labute approximate surface area is 227 Å². The SMILES string of the molecule is COc1ccc(Oc2ncccc2C(=O)NC(COCc2ccccc2)C(=O)N2CCN(C)CC2)c(Cl)c1. The molecule has 1 unspecified atom stereocenters. The molecular weight excluding hydrogens is 508 g/mol. The third-order valence-corrected chi connectivity index (χ3v) is 6.47. The van der Waals surface area contributed by atoms with E-state index >= 15 is 0 Å². The molecule has 1 atom stereocenters. The number of nitrogens with zero attached hydrogens (tertiary/aromatic N) is 3. The molecule has 2 aromatic carbocycles. The van der Waals surface area contributed by atoms with Crippen LogP contribution in [0.3, 0.4) is 0 Å². The van der Waals surface area contributed by atoms with Crippen molar-refractivity contribution in [3.63, 3.8) is 0 Å². The Morgan fingerprint density at radius 1 is 1.05 bits per heavy atom. The first-order valence-corrected chi connectivity index (χ1v) is 12.7. The molecule has 2 amide bonds. The van der Waals surface area contributed by atoms with Crippen LogP contribution >= 0.6 is 11.6 Å². The molecule has 200 valence electrons. The van der Waals surface area contributed by atoms with Crippen LogP contribution in [0.1, 0.15) is 15.9 Å². The third kappa shape index (κ3) is 7.22. The van der Waals surface area contributed by atoms with Gasteiger partial charge in [0.1, 0.15) is 23.1 Å². The maximum Gasteiger partial charge on any atom is 0.257 e. The second-order valence-electron chi connectivity index (χ2n) is 8.91. The summed E-state index contributed by atoms with van der Waals surface area (Å²) in [5.74, 6) is 0.254. The van der Waals surface area contributed by atoms with Crippen molar-refractivity contribution in [3.05, 3.63) is 83.0 Å². The Balaban J connectivity index is 1.49. The number of amides is 2. The third-order valence-electron chi connectivity index (χ3n) is 6.18. The van der Waals surface area contributed by atoms with Crippen molar-refractivity contribution in [2.24, 2.45) is 0 Å². The first kappa shape index (κ1) is 27.4. The van der Waals surface area contributed by atoms with Crippen LogP contribution in [-0.2, 0) is 16.1 Å². The first-order valence-electron chi connectivity index (χ1n) is 12.3. The topological polar surface area (TPSA) is 93.2 Å². The summed E-state index contributed by atoms with van der Waals surface area (Å²) in [6.07, 6.45) is 1.51. The lowest BCUT2D eigenvalue weighted by molar-refractivity contribution is -0.136. The zero-order chi connectivity index (χ0) is 26.9. The highest BCUT2D eigenvalue weighted by molar-refractivity contribution is 6.32. The molecule has 1 saturated heterocycles. The fourth-order valence-electron chi connectivity index (χ4n) is 3.97. The number of rotatable bonds is 10. The van der Waals surface area contributed by atoms with Gasteiger partial charge in [0.2, 0.25) is 11.8 Å². The van der Waals surface area contributed by atoms with Gasteiger partial charge in [0, 0.05) is 38.4 Å². The molecule has 0 bridgehead atoms. The van der Waals surface area contributed by atoms with Crippen LogP contribution in [0.5, 0.6) is 17.4 Å². The molecule has 1 aliphatic rings. The van der Waals surface area contributed by atoms with Crippen LogP contribution in [0, 0.1) is 0 Å². The summed E-state index contributed by atoms with van der Waals surface area (Å²) in [4.78, 5) is 35.0. The van der Waals surface area contributed by atoms with Crippen LogP contribution in [0.2, 0.25) is 5.02 Å². The molecule has 1 fully saturated rings. The molecule has 9 nitrogen and oxygen atoms in total. The molecule has 3 aromatic rings. The predicted molar refractivity (Wildman–Crippen MR) is 144 cm³/mol. The molecule has 0 aliphatic carbocycles. The molecule has 38 heavy (non-hydrogen) atoms. The highest BCUT2D eigenvalue weighted by Crippen LogP contribution is 2.32. The van der Waals surface area contributed by atoms with E-state index in [0.29, 0.717) is 36.2 Å². The van der Waals surface area contributed by atoms with E-state index in [1.165, 1.54) is 13.3 Å². The van der Waals surface area contributed by atoms with Crippen LogP contribution in [0.25, 0.3) is 0 Å². The second-order valence-corrected chi connectivity index (χ2v) is 9.32. The zero-order valence-corrected chi connectivity index (χ0v) is 22.2. The number of benzene rings is 2. The minimum atomic E-state index is -0.882. The summed E-state index contributed by atoms with van der Waals surface area (Å²) in [6, 6.07) is 16.9. The van der Waals surface area contributed by atoms with Gasteiger partial charge in [-0.25, -0.2) is 4.98 Å². The summed E-state index contributed by atoms with van der Waals surface area (Å²) in [6.45, 7) is 3.03. The lowest BCUT2D eigenvalue weighted by atomic mass is 10.2. The number of methoxy groups -OCH3 is 1. The lowest BCUT2D eigenvalue weighted by Gasteiger charge is -2.34. The maximum absolute atomic E-state index is 13.4. The van der Waals surface area contributed by atoms with Crippen LogP contribution in [0.15, 0.2) is 66.9 Å². The number of hydrogen-bond donors (Lipinski definition) is 1. The Morgan fingerprint density at radius 2 is 1.82 bits per heavy atom. The molecule has 4 rings (SSSR count). The van der Waals surface area contributed by atoms with Crippen molar-refractivity contribution >= 4 is 23.4 Å². The molecule has 0 spiro atoms. The van der Waals surface area contributed by atoms with Gasteiger partial charge in [-0.15, -0.1) is 0 Å². The fourth-order valence-corrected chi connectivity index (χ4v) is 4.18. The molecule has 0 radical (unpaired) electrons. The highest BCUT2D eigenvalue weighted by atomic mass is 35.5. The normalized spacial score (nSPS) is 14.6. The number of pyridine rings is 1. The lowest BCUT2D eigenvalue weighted by Crippen LogP contribution is -2.55. The van der Waals surface area contributed by atoms with Crippen molar-refractivity contribution in [2.45, 2.75) is 12.6 Å². The van der Waals surface area contributed by atoms with E-state index in [9.17, 15) is 9.59 Å². The van der Waals surface area contributed by atoms with E-state index < -0.39 is 11.9 Å². The Hall–Kier alpha value is -3.66. The van der Waals surface area contributed by atoms with Gasteiger partial charge in [0.25, 0.3) is 5.91 Å². The van der Waals surface area contributed by atoms with E-state index in [0.717, 1.165) is 18.7 Å². The Kier molecular flexibility index (Phi) is 9.53. The summed E-state index contributed by atoms with van der Waals surface area (Å²) >= 11 is 6.32. The maximum atomic E-state index is 13.4. The Morgan fingerprint density at radius 3 is 2.53 bits per heavy atom. The Bertz CT molecular complexity index is 1230. The predicted octanol–water partition coefficient (Wildman–Crippen LogP) is 3.63. The van der Waals surface area contributed by atoms with E-state index in [2.05, 4.69) is 15.2 Å². The van der Waals surface area contributed by atoms with E-state index in [-0.39, 0.29) is 24.0 Å². The number of carbonyl (C=O) groups excluding carboxylic acids is 2. The van der Waals surface area contributed by atoms with Gasteiger partial charge in [-0.1, -0.05) is 41.9 Å². The fraction of sp³-hybridized carbons (Fsp3) is 0.321. The summed E-state index contributed by atoms with van der Waals surface area (Å²) < 4.78 is 16.9. The number of aromatic nitrogens is 1. The highest BCUT2D eigenvalue weighted by Gasteiger charge is 2.29. The molecular formula is C28H31ClN4O5. The second kappa shape index (κ2) is 13.2. The molecule has 2 heterocycles. The van der Waals surface area contributed by atoms with Gasteiger partial charge >= 0.3 is 0 Å². The summed E-state index contributed by atoms with van der Waals surface area (Å²) in [5, 5.41) is 3.15. The number of likely N-dealkylation sites (N-methyl/N-ethyl adjacent to an activating group) is 1. The number of nitrogens with one attached hydrogen (secondary N) is 1. The monoisotopic (exact) mass is 538 g/mol. The molecule has 1 aliphatic heterocycles. The standard InChI is InChI=1S/C28H31ClN4O5/c1-32-13-15-33(16-14-32)28(35)24(19-37-18-20-7-4-3-5-8-20)31-26(34)22-9-6-12-30-27(22)38-25-11-10-21(36-2)17-23(25)29/h3-12,17,24H,13-16,18-19H2,1-2H3,(H,31,34). The minimum absolute atomic E-state index is 0.0204. The van der Waals surface area contributed by atoms with Gasteiger partial charge < -0.3 is 29.3 Å². The summed E-state index contributed by atoms with van der Waals surface area (Å²) in [5.41, 5.74) is 1.14. The number of carbonyl (C=O) groups is 2. The number of hydrogen-bond acceptors (Lipinski definition) is 7. The van der Waals surface area contributed by atoms with Gasteiger partial charge in [-0.3, -0.25) is 9.59 Å². The van der Waals surface area contributed by atoms with E-state index in [1.807, 2.05) is 37.4 Å². The van der Waals surface area contributed by atoms with Gasteiger partial charge in [-0.05, 0) is 36.9 Å². The number of piperazine rings is 1. The van der Waals surface area contributed by atoms with Crippen molar-refractivity contribution in [1.29, 1.82) is 0 Å². The van der Waals surface area contributed by atoms with Gasteiger partial charge in [0.15, 0.2) is 0 Å². The van der Waals surface area contributed by atoms with Crippen molar-refractivity contribution in [2.75, 3.05) is 46.9 Å². The molecule has 1 N–H and O–H groups in total. The smallest absolute Gasteiger partial charge is 0.257 e. The quantitative estimate of drug-likeness (QED) is 0.421. The van der Waals surface area contributed by atoms with Crippen molar-refractivity contribution in [3.8, 4) is 17.4 Å². The van der Waals surface area contributed by atoms with Crippen LogP contribution in [-0.4, -0.2) is 79.6 Å². The molecule has 1 aromatic heterocycles. The first-order chi connectivity index (χ1) is 18.4. The van der Waals surface area contributed by atoms with E-state index in [1.54, 1.807) is 35.2 Å². The van der Waals surface area contributed by atoms with Crippen molar-refractivity contribution in [1.82, 2.24) is 20.1 Å². The average Bonchev–Trinajstić information content (AvgIpc) is 2.94. The number of ether oxygens (including phenoxy) is 3. The minimum Gasteiger partial charge on any atom is -0.497 e. The summed E-state index contributed by atoms with van der Waals surface area (Å²) in [7, 11) is 3.56. The van der Waals surface area contributed by atoms with Gasteiger partial charge in [-0.2, -0.15) is 0 Å².